The number of carbonyl (C=O) groups excluding carboxylic acids is 1. The van der Waals surface area contributed by atoms with Gasteiger partial charge in [0.2, 0.25) is 5.91 Å². The van der Waals surface area contributed by atoms with Gasteiger partial charge in [-0.15, -0.1) is 0 Å². The number of carbonyl (C=O) groups is 1. The van der Waals surface area contributed by atoms with Crippen LogP contribution in [-0.2, 0) is 11.3 Å². The SMILES string of the molecule is CN=C(NCC(=O)N(C)CC(F)(F)F)N(C)Cc1ccc(OC)cc1OC. The minimum absolute atomic E-state index is 0.302. The smallest absolute Gasteiger partial charge is 0.406 e. The molecule has 10 heteroatoms. The number of amides is 1. The molecular formula is C17H25F3N4O3. The van der Waals surface area contributed by atoms with Crippen molar-refractivity contribution in [2.45, 2.75) is 12.7 Å². The minimum atomic E-state index is -4.44. The number of aliphatic imine (C=N–C) groups is 1. The highest BCUT2D eigenvalue weighted by atomic mass is 19.4. The second-order valence-corrected chi connectivity index (χ2v) is 5.80. The predicted octanol–water partition coefficient (Wildman–Crippen LogP) is 1.73. The summed E-state index contributed by atoms with van der Waals surface area (Å²) in [7, 11) is 7.46. The van der Waals surface area contributed by atoms with Crippen molar-refractivity contribution in [3.63, 3.8) is 0 Å². The van der Waals surface area contributed by atoms with Crippen molar-refractivity contribution in [2.75, 3.05) is 48.5 Å². The van der Waals surface area contributed by atoms with Crippen LogP contribution in [0.25, 0.3) is 0 Å². The molecule has 0 aliphatic carbocycles. The summed E-state index contributed by atoms with van der Waals surface area (Å²) in [5.74, 6) is 0.947. The number of nitrogens with one attached hydrogen (secondary N) is 1. The fourth-order valence-corrected chi connectivity index (χ4v) is 2.34. The Labute approximate surface area is 156 Å². The zero-order valence-corrected chi connectivity index (χ0v) is 16.1. The number of rotatable bonds is 7. The Morgan fingerprint density at radius 2 is 1.85 bits per heavy atom. The van der Waals surface area contributed by atoms with Crippen LogP contribution in [0, 0.1) is 0 Å². The van der Waals surface area contributed by atoms with E-state index in [1.54, 1.807) is 38.3 Å². The quantitative estimate of drug-likeness (QED) is 0.568. The molecule has 152 valence electrons. The topological polar surface area (TPSA) is 66.4 Å². The van der Waals surface area contributed by atoms with Crippen LogP contribution in [0.3, 0.4) is 0 Å². The molecule has 7 nitrogen and oxygen atoms in total. The van der Waals surface area contributed by atoms with Crippen LogP contribution in [0.5, 0.6) is 11.5 Å². The van der Waals surface area contributed by atoms with Crippen LogP contribution in [0.15, 0.2) is 23.2 Å². The molecule has 1 amide bonds. The number of likely N-dealkylation sites (N-methyl/N-ethyl adjacent to an activating group) is 1. The lowest BCUT2D eigenvalue weighted by molar-refractivity contribution is -0.157. The average Bonchev–Trinajstić information content (AvgIpc) is 2.60. The molecule has 0 aliphatic heterocycles. The van der Waals surface area contributed by atoms with E-state index in [1.807, 2.05) is 6.07 Å². The lowest BCUT2D eigenvalue weighted by atomic mass is 10.2. The van der Waals surface area contributed by atoms with Gasteiger partial charge in [-0.1, -0.05) is 0 Å². The number of guanidine groups is 1. The summed E-state index contributed by atoms with van der Waals surface area (Å²) in [5.41, 5.74) is 0.851. The van der Waals surface area contributed by atoms with Gasteiger partial charge in [0.15, 0.2) is 5.96 Å². The zero-order chi connectivity index (χ0) is 20.6. The van der Waals surface area contributed by atoms with Crippen molar-refractivity contribution in [3.05, 3.63) is 23.8 Å². The van der Waals surface area contributed by atoms with E-state index in [2.05, 4.69) is 10.3 Å². The molecule has 1 rings (SSSR count). The van der Waals surface area contributed by atoms with E-state index in [0.29, 0.717) is 28.9 Å². The molecule has 1 aromatic rings. The maximum Gasteiger partial charge on any atom is 0.406 e. The monoisotopic (exact) mass is 390 g/mol. The van der Waals surface area contributed by atoms with Crippen LogP contribution in [0.2, 0.25) is 0 Å². The number of halogens is 3. The lowest BCUT2D eigenvalue weighted by Crippen LogP contribution is -2.45. The van der Waals surface area contributed by atoms with E-state index >= 15 is 0 Å². The Morgan fingerprint density at radius 3 is 2.37 bits per heavy atom. The minimum Gasteiger partial charge on any atom is -0.497 e. The van der Waals surface area contributed by atoms with Crippen LogP contribution in [0.4, 0.5) is 13.2 Å². The van der Waals surface area contributed by atoms with Crippen LogP contribution >= 0.6 is 0 Å². The molecule has 0 unspecified atom stereocenters. The van der Waals surface area contributed by atoms with Crippen molar-refractivity contribution >= 4 is 11.9 Å². The van der Waals surface area contributed by atoms with Crippen molar-refractivity contribution in [1.29, 1.82) is 0 Å². The van der Waals surface area contributed by atoms with E-state index in [4.69, 9.17) is 9.47 Å². The molecule has 0 fully saturated rings. The van der Waals surface area contributed by atoms with E-state index in [1.165, 1.54) is 7.05 Å². The molecule has 27 heavy (non-hydrogen) atoms. The Hall–Kier alpha value is -2.65. The summed E-state index contributed by atoms with van der Waals surface area (Å²) < 4.78 is 47.6. The maximum absolute atomic E-state index is 12.4. The molecule has 0 bridgehead atoms. The van der Waals surface area contributed by atoms with Gasteiger partial charge in [-0.05, 0) is 12.1 Å². The van der Waals surface area contributed by atoms with Crippen LogP contribution < -0.4 is 14.8 Å². The fourth-order valence-electron chi connectivity index (χ4n) is 2.34. The Bertz CT molecular complexity index is 665. The average molecular weight is 390 g/mol. The molecule has 0 aromatic heterocycles. The van der Waals surface area contributed by atoms with Gasteiger partial charge in [0.25, 0.3) is 0 Å². The first kappa shape index (κ1) is 22.4. The second-order valence-electron chi connectivity index (χ2n) is 5.80. The molecule has 0 aliphatic rings. The summed E-state index contributed by atoms with van der Waals surface area (Å²) >= 11 is 0. The number of nitrogens with zero attached hydrogens (tertiary/aromatic N) is 3. The summed E-state index contributed by atoms with van der Waals surface area (Å²) in [6.07, 6.45) is -4.44. The zero-order valence-electron chi connectivity index (χ0n) is 16.1. The van der Waals surface area contributed by atoms with Crippen LogP contribution in [0.1, 0.15) is 5.56 Å². The first-order chi connectivity index (χ1) is 12.6. The first-order valence-electron chi connectivity index (χ1n) is 8.04. The molecule has 0 atom stereocenters. The highest BCUT2D eigenvalue weighted by Crippen LogP contribution is 2.25. The predicted molar refractivity (Wildman–Crippen MR) is 96.1 cm³/mol. The molecule has 1 aromatic carbocycles. The highest BCUT2D eigenvalue weighted by Gasteiger charge is 2.31. The first-order valence-corrected chi connectivity index (χ1v) is 8.04. The molecule has 0 radical (unpaired) electrons. The van der Waals surface area contributed by atoms with Crippen molar-refractivity contribution in [1.82, 2.24) is 15.1 Å². The highest BCUT2D eigenvalue weighted by molar-refractivity contribution is 5.86. The van der Waals surface area contributed by atoms with Gasteiger partial charge < -0.3 is 24.6 Å². The summed E-state index contributed by atoms with van der Waals surface area (Å²) in [5, 5.41) is 2.77. The van der Waals surface area contributed by atoms with E-state index < -0.39 is 18.6 Å². The standard InChI is InChI=1S/C17H25F3N4O3/c1-21-16(22-9-15(25)24(3)11-17(18,19)20)23(2)10-12-6-7-13(26-4)8-14(12)27-5/h6-8H,9-11H2,1-5H3,(H,21,22). The maximum atomic E-state index is 12.4. The molecule has 0 saturated carbocycles. The third-order valence-corrected chi connectivity index (χ3v) is 3.72. The second kappa shape index (κ2) is 9.89. The van der Waals surface area contributed by atoms with Crippen molar-refractivity contribution in [2.24, 2.45) is 4.99 Å². The van der Waals surface area contributed by atoms with Gasteiger partial charge in [-0.25, -0.2) is 0 Å². The van der Waals surface area contributed by atoms with Crippen molar-refractivity contribution < 1.29 is 27.4 Å². The lowest BCUT2D eigenvalue weighted by Gasteiger charge is -2.24. The van der Waals surface area contributed by atoms with Crippen molar-refractivity contribution in [3.8, 4) is 11.5 Å². The van der Waals surface area contributed by atoms with Gasteiger partial charge in [0.1, 0.15) is 18.0 Å². The third-order valence-electron chi connectivity index (χ3n) is 3.72. The van der Waals surface area contributed by atoms with Gasteiger partial charge >= 0.3 is 6.18 Å². The molecular weight excluding hydrogens is 365 g/mol. The van der Waals surface area contributed by atoms with E-state index in [-0.39, 0.29) is 6.54 Å². The van der Waals surface area contributed by atoms with E-state index in [0.717, 1.165) is 12.6 Å². The fraction of sp³-hybridized carbons (Fsp3) is 0.529. The Balaban J connectivity index is 2.70. The summed E-state index contributed by atoms with van der Waals surface area (Å²) in [6.45, 7) is -1.20. The number of ether oxygens (including phenoxy) is 2. The molecule has 0 spiro atoms. The summed E-state index contributed by atoms with van der Waals surface area (Å²) in [6, 6.07) is 5.37. The largest absolute Gasteiger partial charge is 0.497 e. The number of hydrogen-bond donors (Lipinski definition) is 1. The van der Waals surface area contributed by atoms with Gasteiger partial charge in [0, 0.05) is 39.3 Å². The van der Waals surface area contributed by atoms with Gasteiger partial charge in [0.05, 0.1) is 20.8 Å². The molecule has 1 N–H and O–H groups in total. The summed E-state index contributed by atoms with van der Waals surface area (Å²) in [4.78, 5) is 18.2. The Morgan fingerprint density at radius 1 is 1.19 bits per heavy atom. The van der Waals surface area contributed by atoms with Gasteiger partial charge in [-0.3, -0.25) is 9.79 Å². The number of benzene rings is 1. The molecule has 0 heterocycles. The number of hydrogen-bond acceptors (Lipinski definition) is 4. The normalized spacial score (nSPS) is 11.8. The number of methoxy groups -OCH3 is 2. The van der Waals surface area contributed by atoms with Gasteiger partial charge in [-0.2, -0.15) is 13.2 Å². The number of alkyl halides is 3. The third kappa shape index (κ3) is 7.24. The molecule has 0 saturated heterocycles. The van der Waals surface area contributed by atoms with Crippen LogP contribution in [-0.4, -0.2) is 76.3 Å². The van der Waals surface area contributed by atoms with E-state index in [9.17, 15) is 18.0 Å². The Kier molecular flexibility index (Phi) is 8.20.